The number of halogens is 3. The van der Waals surface area contributed by atoms with E-state index in [1.54, 1.807) is 13.8 Å². The third-order valence-electron chi connectivity index (χ3n) is 2.20. The Labute approximate surface area is 114 Å². The zero-order valence-corrected chi connectivity index (χ0v) is 11.4. The maximum Gasteiger partial charge on any atom is 0.434 e. The van der Waals surface area contributed by atoms with Gasteiger partial charge in [0.05, 0.1) is 12.8 Å². The molecular weight excluding hydrogens is 275 g/mol. The van der Waals surface area contributed by atoms with E-state index < -0.39 is 28.9 Å². The van der Waals surface area contributed by atoms with E-state index in [2.05, 4.69) is 9.84 Å². The van der Waals surface area contributed by atoms with E-state index in [1.165, 1.54) is 13.0 Å². The van der Waals surface area contributed by atoms with Crippen LogP contribution in [0.3, 0.4) is 0 Å². The number of rotatable bonds is 4. The van der Waals surface area contributed by atoms with E-state index in [0.717, 1.165) is 12.4 Å². The third-order valence-corrected chi connectivity index (χ3v) is 2.20. The summed E-state index contributed by atoms with van der Waals surface area (Å²) in [5.41, 5.74) is 3.04. The highest BCUT2D eigenvalue weighted by atomic mass is 19.4. The Hall–Kier alpha value is -1.83. The fraction of sp³-hybridized carbons (Fsp3) is 0.500. The van der Waals surface area contributed by atoms with Gasteiger partial charge in [0, 0.05) is 11.7 Å². The smallest absolute Gasteiger partial charge is 0.434 e. The highest BCUT2D eigenvalue weighted by Gasteiger charge is 2.40. The number of hydrogen-bond donors (Lipinski definition) is 1. The minimum atomic E-state index is -4.73. The zero-order valence-electron chi connectivity index (χ0n) is 11.4. The van der Waals surface area contributed by atoms with E-state index >= 15 is 0 Å². The monoisotopic (exact) mass is 291 g/mol. The van der Waals surface area contributed by atoms with Crippen LogP contribution in [0, 0.1) is 0 Å². The lowest BCUT2D eigenvalue weighted by molar-refractivity contribution is -0.143. The molecule has 0 aliphatic rings. The number of carbonyl (C=O) groups is 1. The molecule has 1 aromatic rings. The number of esters is 1. The van der Waals surface area contributed by atoms with Gasteiger partial charge < -0.3 is 10.5 Å². The average Bonchev–Trinajstić information content (AvgIpc) is 2.69. The molecule has 20 heavy (non-hydrogen) atoms. The highest BCUT2D eigenvalue weighted by Crippen LogP contribution is 2.32. The number of ether oxygens (including phenoxy) is 1. The predicted octanol–water partition coefficient (Wildman–Crippen LogP) is 2.29. The van der Waals surface area contributed by atoms with Crippen LogP contribution in [-0.2, 0) is 10.9 Å². The van der Waals surface area contributed by atoms with E-state index in [0.29, 0.717) is 4.68 Å². The van der Waals surface area contributed by atoms with Crippen LogP contribution in [0.1, 0.15) is 36.8 Å². The van der Waals surface area contributed by atoms with E-state index in [9.17, 15) is 18.0 Å². The highest BCUT2D eigenvalue weighted by molar-refractivity contribution is 5.90. The molecule has 1 heterocycles. The summed E-state index contributed by atoms with van der Waals surface area (Å²) in [7, 11) is 0. The molecule has 8 heteroatoms. The van der Waals surface area contributed by atoms with Crippen LogP contribution < -0.4 is 5.73 Å². The number of nitrogens with two attached hydrogens (primary N) is 1. The molecule has 5 nitrogen and oxygen atoms in total. The quantitative estimate of drug-likeness (QED) is 0.864. The predicted molar refractivity (Wildman–Crippen MR) is 66.8 cm³/mol. The van der Waals surface area contributed by atoms with Crippen molar-refractivity contribution < 1.29 is 22.7 Å². The molecule has 112 valence electrons. The van der Waals surface area contributed by atoms with Gasteiger partial charge in [-0.05, 0) is 26.8 Å². The van der Waals surface area contributed by atoms with Crippen molar-refractivity contribution in [3.63, 3.8) is 0 Å². The Balaban J connectivity index is 3.27. The zero-order chi connectivity index (χ0) is 15.6. The maximum atomic E-state index is 13.0. The van der Waals surface area contributed by atoms with Gasteiger partial charge in [0.15, 0.2) is 5.69 Å². The molecule has 0 radical (unpaired) electrons. The Morgan fingerprint density at radius 2 is 2.10 bits per heavy atom. The van der Waals surface area contributed by atoms with Crippen LogP contribution in [0.2, 0.25) is 0 Å². The van der Waals surface area contributed by atoms with Gasteiger partial charge in [0.1, 0.15) is 5.56 Å². The van der Waals surface area contributed by atoms with Crippen molar-refractivity contribution in [2.75, 3.05) is 6.61 Å². The summed E-state index contributed by atoms with van der Waals surface area (Å²) in [5, 5.41) is 3.54. The van der Waals surface area contributed by atoms with Crippen molar-refractivity contribution in [1.82, 2.24) is 9.78 Å². The lowest BCUT2D eigenvalue weighted by Gasteiger charge is -2.13. The minimum Gasteiger partial charge on any atom is -0.462 e. The number of hydrogen-bond acceptors (Lipinski definition) is 4. The van der Waals surface area contributed by atoms with Gasteiger partial charge in [-0.1, -0.05) is 0 Å². The molecule has 2 N–H and O–H groups in total. The standard InChI is InChI=1S/C12H16F3N3O2/c1-4-20-10(19)8-7-17-18(6-5-11(2,3)16)9(8)12(13,14)15/h5-7H,4,16H2,1-3H3/b6-5+. The van der Waals surface area contributed by atoms with Gasteiger partial charge in [-0.15, -0.1) is 0 Å². The number of aromatic nitrogens is 2. The number of nitrogens with zero attached hydrogens (tertiary/aromatic N) is 2. The molecule has 0 saturated carbocycles. The van der Waals surface area contributed by atoms with Gasteiger partial charge in [-0.3, -0.25) is 0 Å². The van der Waals surface area contributed by atoms with Crippen molar-refractivity contribution in [1.29, 1.82) is 0 Å². The first-order chi connectivity index (χ1) is 9.06. The molecule has 0 saturated heterocycles. The van der Waals surface area contributed by atoms with Gasteiger partial charge in [-0.25, -0.2) is 9.48 Å². The van der Waals surface area contributed by atoms with Crippen LogP contribution in [0.15, 0.2) is 12.3 Å². The Kier molecular flexibility index (Phi) is 4.59. The molecule has 0 bridgehead atoms. The molecule has 0 fully saturated rings. The fourth-order valence-corrected chi connectivity index (χ4v) is 1.38. The maximum absolute atomic E-state index is 13.0. The van der Waals surface area contributed by atoms with Crippen LogP contribution in [0.4, 0.5) is 13.2 Å². The van der Waals surface area contributed by atoms with Crippen LogP contribution in [0.5, 0.6) is 0 Å². The summed E-state index contributed by atoms with van der Waals surface area (Å²) in [4.78, 5) is 11.5. The summed E-state index contributed by atoms with van der Waals surface area (Å²) in [5.74, 6) is -1.06. The minimum absolute atomic E-state index is 0.0209. The van der Waals surface area contributed by atoms with E-state index in [-0.39, 0.29) is 6.61 Å². The number of alkyl halides is 3. The summed E-state index contributed by atoms with van der Waals surface area (Å²) >= 11 is 0. The summed E-state index contributed by atoms with van der Waals surface area (Å²) in [6, 6.07) is 0. The molecule has 0 aliphatic carbocycles. The molecule has 0 atom stereocenters. The Morgan fingerprint density at radius 3 is 2.55 bits per heavy atom. The van der Waals surface area contributed by atoms with Gasteiger partial charge in [0.2, 0.25) is 0 Å². The Bertz CT molecular complexity index is 513. The third kappa shape index (κ3) is 4.09. The van der Waals surface area contributed by atoms with Crippen molar-refractivity contribution in [3.8, 4) is 0 Å². The lowest BCUT2D eigenvalue weighted by Crippen LogP contribution is -2.29. The Morgan fingerprint density at radius 1 is 1.50 bits per heavy atom. The first-order valence-electron chi connectivity index (χ1n) is 5.86. The summed E-state index contributed by atoms with van der Waals surface area (Å²) in [6.07, 6.45) is -1.48. The molecule has 0 aliphatic heterocycles. The van der Waals surface area contributed by atoms with Crippen molar-refractivity contribution in [3.05, 3.63) is 23.5 Å². The molecule has 0 aromatic carbocycles. The van der Waals surface area contributed by atoms with Gasteiger partial charge in [0.25, 0.3) is 0 Å². The second-order valence-electron chi connectivity index (χ2n) is 4.71. The summed E-state index contributed by atoms with van der Waals surface area (Å²) in [6.45, 7) is 4.72. The topological polar surface area (TPSA) is 70.1 Å². The first kappa shape index (κ1) is 16.2. The normalized spacial score (nSPS) is 12.9. The molecule has 0 unspecified atom stereocenters. The second kappa shape index (κ2) is 5.66. The lowest BCUT2D eigenvalue weighted by atomic mass is 10.1. The molecule has 0 amide bonds. The van der Waals surface area contributed by atoms with Crippen molar-refractivity contribution >= 4 is 12.2 Å². The van der Waals surface area contributed by atoms with Gasteiger partial charge >= 0.3 is 12.1 Å². The largest absolute Gasteiger partial charge is 0.462 e. The van der Waals surface area contributed by atoms with Crippen molar-refractivity contribution in [2.45, 2.75) is 32.5 Å². The van der Waals surface area contributed by atoms with E-state index in [1.807, 2.05) is 0 Å². The first-order valence-corrected chi connectivity index (χ1v) is 5.86. The van der Waals surface area contributed by atoms with Gasteiger partial charge in [-0.2, -0.15) is 18.3 Å². The molecule has 1 rings (SSSR count). The van der Waals surface area contributed by atoms with Crippen LogP contribution in [-0.4, -0.2) is 27.9 Å². The molecular formula is C12H16F3N3O2. The molecule has 0 spiro atoms. The fourth-order valence-electron chi connectivity index (χ4n) is 1.38. The molecule has 1 aromatic heterocycles. The van der Waals surface area contributed by atoms with Crippen molar-refractivity contribution in [2.24, 2.45) is 5.73 Å². The average molecular weight is 291 g/mol. The second-order valence-corrected chi connectivity index (χ2v) is 4.71. The SMILES string of the molecule is CCOC(=O)c1cnn(/C=C/C(C)(C)N)c1C(F)(F)F. The van der Waals surface area contributed by atoms with Crippen LogP contribution in [0.25, 0.3) is 6.20 Å². The van der Waals surface area contributed by atoms with Crippen LogP contribution >= 0.6 is 0 Å². The summed E-state index contributed by atoms with van der Waals surface area (Å²) < 4.78 is 44.2. The van der Waals surface area contributed by atoms with E-state index in [4.69, 9.17) is 5.73 Å². The number of carbonyl (C=O) groups excluding carboxylic acids is 1.